The molecule has 2 heterocycles. The van der Waals surface area contributed by atoms with Gasteiger partial charge in [0.2, 0.25) is 5.91 Å². The Morgan fingerprint density at radius 1 is 1.30 bits per heavy atom. The lowest BCUT2D eigenvalue weighted by Gasteiger charge is -2.24. The molecule has 2 aliphatic heterocycles. The minimum Gasteiger partial charge on any atom is -0.486 e. The van der Waals surface area contributed by atoms with Gasteiger partial charge in [-0.25, -0.2) is 0 Å². The monoisotopic (exact) mass is 298 g/mol. The number of para-hydroxylation sites is 1. The highest BCUT2D eigenvalue weighted by atomic mass is 35.5. The van der Waals surface area contributed by atoms with E-state index in [0.29, 0.717) is 30.4 Å². The van der Waals surface area contributed by atoms with Crippen LogP contribution in [-0.4, -0.2) is 32.2 Å². The molecule has 0 aromatic heterocycles. The second kappa shape index (κ2) is 6.81. The number of amides is 1. The van der Waals surface area contributed by atoms with Gasteiger partial charge in [0.15, 0.2) is 11.5 Å². The van der Waals surface area contributed by atoms with E-state index in [9.17, 15) is 4.79 Å². The van der Waals surface area contributed by atoms with Gasteiger partial charge in [-0.1, -0.05) is 6.07 Å². The molecule has 0 aliphatic carbocycles. The van der Waals surface area contributed by atoms with Crippen LogP contribution in [0.2, 0.25) is 0 Å². The fraction of sp³-hybridized carbons (Fsp3) is 0.500. The molecule has 1 unspecified atom stereocenters. The first-order valence-electron chi connectivity index (χ1n) is 6.75. The minimum atomic E-state index is 0. The average Bonchev–Trinajstić information content (AvgIpc) is 2.48. The van der Waals surface area contributed by atoms with Gasteiger partial charge in [0, 0.05) is 6.54 Å². The van der Waals surface area contributed by atoms with Gasteiger partial charge in [0.25, 0.3) is 0 Å². The molecule has 0 bridgehead atoms. The molecule has 1 saturated heterocycles. The van der Waals surface area contributed by atoms with Crippen molar-refractivity contribution in [3.05, 3.63) is 18.2 Å². The SMILES string of the molecule is Cl.O=C(Nc1cccc2c1OCCO2)C1CCCNC1. The summed E-state index contributed by atoms with van der Waals surface area (Å²) in [6.45, 7) is 2.82. The molecule has 1 aromatic carbocycles. The Hall–Kier alpha value is -1.46. The highest BCUT2D eigenvalue weighted by Gasteiger charge is 2.23. The molecule has 5 nitrogen and oxygen atoms in total. The van der Waals surface area contributed by atoms with Crippen LogP contribution in [0.3, 0.4) is 0 Å². The van der Waals surface area contributed by atoms with Gasteiger partial charge in [-0.05, 0) is 31.5 Å². The molecule has 0 radical (unpaired) electrons. The summed E-state index contributed by atoms with van der Waals surface area (Å²) < 4.78 is 11.1. The van der Waals surface area contributed by atoms with Crippen molar-refractivity contribution in [3.63, 3.8) is 0 Å². The molecule has 1 atom stereocenters. The maximum absolute atomic E-state index is 12.2. The van der Waals surface area contributed by atoms with Crippen molar-refractivity contribution >= 4 is 24.0 Å². The van der Waals surface area contributed by atoms with Gasteiger partial charge >= 0.3 is 0 Å². The molecule has 2 N–H and O–H groups in total. The third kappa shape index (κ3) is 3.16. The molecule has 0 saturated carbocycles. The maximum atomic E-state index is 12.2. The Morgan fingerprint density at radius 2 is 2.15 bits per heavy atom. The van der Waals surface area contributed by atoms with E-state index in [0.717, 1.165) is 25.9 Å². The number of benzene rings is 1. The van der Waals surface area contributed by atoms with Gasteiger partial charge in [0.1, 0.15) is 13.2 Å². The number of fused-ring (bicyclic) bond motifs is 1. The summed E-state index contributed by atoms with van der Waals surface area (Å²) >= 11 is 0. The normalized spacial score (nSPS) is 20.7. The van der Waals surface area contributed by atoms with E-state index < -0.39 is 0 Å². The van der Waals surface area contributed by atoms with Crippen LogP contribution in [0.4, 0.5) is 5.69 Å². The van der Waals surface area contributed by atoms with Crippen LogP contribution >= 0.6 is 12.4 Å². The summed E-state index contributed by atoms with van der Waals surface area (Å²) in [6, 6.07) is 5.57. The number of hydrogen-bond donors (Lipinski definition) is 2. The smallest absolute Gasteiger partial charge is 0.228 e. The summed E-state index contributed by atoms with van der Waals surface area (Å²) in [6.07, 6.45) is 1.98. The van der Waals surface area contributed by atoms with Crippen molar-refractivity contribution in [1.29, 1.82) is 0 Å². The number of halogens is 1. The first-order chi connectivity index (χ1) is 9.34. The molecule has 3 rings (SSSR count). The van der Waals surface area contributed by atoms with E-state index in [1.54, 1.807) is 0 Å². The molecular weight excluding hydrogens is 280 g/mol. The zero-order valence-corrected chi connectivity index (χ0v) is 12.0. The van der Waals surface area contributed by atoms with Crippen LogP contribution < -0.4 is 20.1 Å². The second-order valence-electron chi connectivity index (χ2n) is 4.86. The fourth-order valence-electron chi connectivity index (χ4n) is 2.48. The van der Waals surface area contributed by atoms with Crippen molar-refractivity contribution in [2.75, 3.05) is 31.6 Å². The second-order valence-corrected chi connectivity index (χ2v) is 4.86. The zero-order chi connectivity index (χ0) is 13.1. The van der Waals surface area contributed by atoms with Gasteiger partial charge in [-0.2, -0.15) is 0 Å². The lowest BCUT2D eigenvalue weighted by molar-refractivity contribution is -0.120. The van der Waals surface area contributed by atoms with Crippen molar-refractivity contribution in [3.8, 4) is 11.5 Å². The highest BCUT2D eigenvalue weighted by Crippen LogP contribution is 2.37. The Morgan fingerprint density at radius 3 is 2.95 bits per heavy atom. The van der Waals surface area contributed by atoms with Crippen LogP contribution in [0.15, 0.2) is 18.2 Å². The topological polar surface area (TPSA) is 59.6 Å². The van der Waals surface area contributed by atoms with Gasteiger partial charge in [-0.3, -0.25) is 4.79 Å². The van der Waals surface area contributed by atoms with Crippen molar-refractivity contribution in [2.24, 2.45) is 5.92 Å². The maximum Gasteiger partial charge on any atom is 0.228 e. The van der Waals surface area contributed by atoms with Gasteiger partial charge in [-0.15, -0.1) is 12.4 Å². The number of hydrogen-bond acceptors (Lipinski definition) is 4. The minimum absolute atomic E-state index is 0. The van der Waals surface area contributed by atoms with E-state index in [1.165, 1.54) is 0 Å². The molecule has 2 aliphatic rings. The molecule has 0 spiro atoms. The summed E-state index contributed by atoms with van der Waals surface area (Å²) in [5.41, 5.74) is 0.702. The number of rotatable bonds is 2. The van der Waals surface area contributed by atoms with Gasteiger partial charge < -0.3 is 20.1 Å². The molecule has 110 valence electrons. The molecule has 1 aromatic rings. The predicted octanol–water partition coefficient (Wildman–Crippen LogP) is 1.82. The number of nitrogens with one attached hydrogen (secondary N) is 2. The van der Waals surface area contributed by atoms with Crippen molar-refractivity contribution in [1.82, 2.24) is 5.32 Å². The van der Waals surface area contributed by atoms with E-state index in [-0.39, 0.29) is 24.2 Å². The largest absolute Gasteiger partial charge is 0.486 e. The predicted molar refractivity (Wildman–Crippen MR) is 78.9 cm³/mol. The zero-order valence-electron chi connectivity index (χ0n) is 11.2. The average molecular weight is 299 g/mol. The number of carbonyl (C=O) groups excluding carboxylic acids is 1. The van der Waals surface area contributed by atoms with E-state index >= 15 is 0 Å². The molecule has 20 heavy (non-hydrogen) atoms. The summed E-state index contributed by atoms with van der Waals surface area (Å²) in [5, 5.41) is 6.20. The lowest BCUT2D eigenvalue weighted by Crippen LogP contribution is -2.37. The quantitative estimate of drug-likeness (QED) is 0.874. The van der Waals surface area contributed by atoms with Crippen LogP contribution in [0.5, 0.6) is 11.5 Å². The van der Waals surface area contributed by atoms with Crippen LogP contribution in [0.25, 0.3) is 0 Å². The first-order valence-corrected chi connectivity index (χ1v) is 6.75. The van der Waals surface area contributed by atoms with Gasteiger partial charge in [0.05, 0.1) is 11.6 Å². The van der Waals surface area contributed by atoms with E-state index in [2.05, 4.69) is 10.6 Å². The van der Waals surface area contributed by atoms with Crippen molar-refractivity contribution < 1.29 is 14.3 Å². The summed E-state index contributed by atoms with van der Waals surface area (Å²) in [5.74, 6) is 1.43. The number of ether oxygens (including phenoxy) is 2. The standard InChI is InChI=1S/C14H18N2O3.ClH/c17-14(10-3-2-6-15-9-10)16-11-4-1-5-12-13(11)19-8-7-18-12;/h1,4-5,10,15H,2-3,6-9H2,(H,16,17);1H. The molecule has 1 fully saturated rings. The fourth-order valence-corrected chi connectivity index (χ4v) is 2.48. The number of carbonyl (C=O) groups is 1. The van der Waals surface area contributed by atoms with Crippen LogP contribution in [0, 0.1) is 5.92 Å². The Labute approximate surface area is 124 Å². The molecule has 6 heteroatoms. The summed E-state index contributed by atoms with van der Waals surface area (Å²) in [4.78, 5) is 12.2. The third-order valence-electron chi connectivity index (χ3n) is 3.49. The Kier molecular flexibility index (Phi) is 5.09. The van der Waals surface area contributed by atoms with E-state index in [1.807, 2.05) is 18.2 Å². The Bertz CT molecular complexity index is 475. The van der Waals surface area contributed by atoms with Crippen molar-refractivity contribution in [2.45, 2.75) is 12.8 Å². The third-order valence-corrected chi connectivity index (χ3v) is 3.49. The lowest BCUT2D eigenvalue weighted by atomic mass is 9.99. The summed E-state index contributed by atoms with van der Waals surface area (Å²) in [7, 11) is 0. The molecule has 1 amide bonds. The number of piperidine rings is 1. The first kappa shape index (κ1) is 14.9. The number of anilines is 1. The van der Waals surface area contributed by atoms with Crippen LogP contribution in [0.1, 0.15) is 12.8 Å². The molecular formula is C14H19ClN2O3. The van der Waals surface area contributed by atoms with Crippen LogP contribution in [-0.2, 0) is 4.79 Å². The highest BCUT2D eigenvalue weighted by molar-refractivity contribution is 5.94. The Balaban J connectivity index is 0.00000147. The van der Waals surface area contributed by atoms with E-state index in [4.69, 9.17) is 9.47 Å².